The van der Waals surface area contributed by atoms with Gasteiger partial charge in [0.15, 0.2) is 4.88 Å². The standard InChI is InChI=1S/C13H11BrO3S/c1-16-13(15)12-11(6-7-18-12)17-8-9-2-4-10(14)5-3-9/h2-7H,8H2,1H3. The Morgan fingerprint density at radius 3 is 2.67 bits per heavy atom. The molecule has 3 nitrogen and oxygen atoms in total. The molecule has 94 valence electrons. The summed E-state index contributed by atoms with van der Waals surface area (Å²) in [7, 11) is 1.36. The van der Waals surface area contributed by atoms with Crippen molar-refractivity contribution >= 4 is 33.2 Å². The molecule has 0 saturated carbocycles. The molecular weight excluding hydrogens is 316 g/mol. The van der Waals surface area contributed by atoms with E-state index < -0.39 is 0 Å². The van der Waals surface area contributed by atoms with Gasteiger partial charge in [-0.2, -0.15) is 0 Å². The van der Waals surface area contributed by atoms with Crippen LogP contribution in [0.4, 0.5) is 0 Å². The maximum absolute atomic E-state index is 11.5. The molecule has 1 aromatic carbocycles. The van der Waals surface area contributed by atoms with Crippen LogP contribution in [0.15, 0.2) is 40.2 Å². The minimum atomic E-state index is -0.365. The van der Waals surface area contributed by atoms with Crippen LogP contribution in [0, 0.1) is 0 Å². The lowest BCUT2D eigenvalue weighted by Gasteiger charge is -2.06. The first-order valence-electron chi connectivity index (χ1n) is 5.24. The molecule has 2 aromatic rings. The highest BCUT2D eigenvalue weighted by Gasteiger charge is 2.14. The van der Waals surface area contributed by atoms with E-state index in [-0.39, 0.29) is 5.97 Å². The Balaban J connectivity index is 2.04. The van der Waals surface area contributed by atoms with Crippen LogP contribution in [0.1, 0.15) is 15.2 Å². The van der Waals surface area contributed by atoms with Crippen molar-refractivity contribution in [1.29, 1.82) is 0 Å². The number of hydrogen-bond donors (Lipinski definition) is 0. The van der Waals surface area contributed by atoms with Crippen LogP contribution in [-0.2, 0) is 11.3 Å². The maximum atomic E-state index is 11.5. The Bertz CT molecular complexity index is 533. The van der Waals surface area contributed by atoms with Gasteiger partial charge in [0.1, 0.15) is 12.4 Å². The number of rotatable bonds is 4. The molecule has 0 aliphatic rings. The normalized spacial score (nSPS) is 10.1. The number of esters is 1. The van der Waals surface area contributed by atoms with Gasteiger partial charge in [0.05, 0.1) is 7.11 Å². The van der Waals surface area contributed by atoms with E-state index in [1.165, 1.54) is 18.4 Å². The highest BCUT2D eigenvalue weighted by molar-refractivity contribution is 9.10. The average Bonchev–Trinajstić information content (AvgIpc) is 2.85. The second-order valence-corrected chi connectivity index (χ2v) is 5.35. The van der Waals surface area contributed by atoms with E-state index in [0.717, 1.165) is 10.0 Å². The van der Waals surface area contributed by atoms with Gasteiger partial charge < -0.3 is 9.47 Å². The van der Waals surface area contributed by atoms with Crippen molar-refractivity contribution in [2.75, 3.05) is 7.11 Å². The average molecular weight is 327 g/mol. The second kappa shape index (κ2) is 6.02. The summed E-state index contributed by atoms with van der Waals surface area (Å²) in [4.78, 5) is 11.9. The first kappa shape index (κ1) is 13.1. The van der Waals surface area contributed by atoms with Crippen LogP contribution < -0.4 is 4.74 Å². The zero-order valence-corrected chi connectivity index (χ0v) is 12.1. The van der Waals surface area contributed by atoms with E-state index in [0.29, 0.717) is 17.2 Å². The van der Waals surface area contributed by atoms with Gasteiger partial charge >= 0.3 is 5.97 Å². The van der Waals surface area contributed by atoms with Crippen molar-refractivity contribution in [2.24, 2.45) is 0 Å². The Labute approximate surface area is 117 Å². The minimum Gasteiger partial charge on any atom is -0.487 e. The molecule has 1 aromatic heterocycles. The van der Waals surface area contributed by atoms with Crippen molar-refractivity contribution < 1.29 is 14.3 Å². The summed E-state index contributed by atoms with van der Waals surface area (Å²) >= 11 is 4.69. The summed E-state index contributed by atoms with van der Waals surface area (Å²) in [6, 6.07) is 9.61. The zero-order chi connectivity index (χ0) is 13.0. The fourth-order valence-corrected chi connectivity index (χ4v) is 2.41. The number of methoxy groups -OCH3 is 1. The summed E-state index contributed by atoms with van der Waals surface area (Å²) < 4.78 is 11.3. The predicted molar refractivity (Wildman–Crippen MR) is 74.1 cm³/mol. The van der Waals surface area contributed by atoms with Crippen LogP contribution in [0.25, 0.3) is 0 Å². The molecule has 0 atom stereocenters. The maximum Gasteiger partial charge on any atom is 0.351 e. The lowest BCUT2D eigenvalue weighted by molar-refractivity contribution is 0.0601. The molecule has 0 fully saturated rings. The number of thiophene rings is 1. The van der Waals surface area contributed by atoms with Crippen molar-refractivity contribution in [3.8, 4) is 5.75 Å². The first-order valence-corrected chi connectivity index (χ1v) is 6.91. The largest absolute Gasteiger partial charge is 0.487 e. The fraction of sp³-hybridized carbons (Fsp3) is 0.154. The molecule has 0 bridgehead atoms. The molecule has 0 amide bonds. The van der Waals surface area contributed by atoms with Crippen molar-refractivity contribution in [3.63, 3.8) is 0 Å². The van der Waals surface area contributed by atoms with Crippen molar-refractivity contribution in [1.82, 2.24) is 0 Å². The molecule has 0 spiro atoms. The Morgan fingerprint density at radius 2 is 2.00 bits per heavy atom. The quantitative estimate of drug-likeness (QED) is 0.800. The third kappa shape index (κ3) is 3.11. The van der Waals surface area contributed by atoms with E-state index in [9.17, 15) is 4.79 Å². The summed E-state index contributed by atoms with van der Waals surface area (Å²) in [6.45, 7) is 0.425. The van der Waals surface area contributed by atoms with Crippen molar-refractivity contribution in [2.45, 2.75) is 6.61 Å². The van der Waals surface area contributed by atoms with E-state index in [1.54, 1.807) is 6.07 Å². The molecule has 0 saturated heterocycles. The predicted octanol–water partition coefficient (Wildman–Crippen LogP) is 3.88. The van der Waals surface area contributed by atoms with Crippen molar-refractivity contribution in [3.05, 3.63) is 50.6 Å². The van der Waals surface area contributed by atoms with Gasteiger partial charge in [0, 0.05) is 4.47 Å². The van der Waals surface area contributed by atoms with Crippen LogP contribution >= 0.6 is 27.3 Å². The van der Waals surface area contributed by atoms with Gasteiger partial charge in [-0.05, 0) is 29.1 Å². The summed E-state index contributed by atoms with van der Waals surface area (Å²) in [5.74, 6) is 0.200. The molecule has 2 rings (SSSR count). The summed E-state index contributed by atoms with van der Waals surface area (Å²) in [5, 5.41) is 1.81. The molecule has 0 N–H and O–H groups in total. The summed E-state index contributed by atoms with van der Waals surface area (Å²) in [5.41, 5.74) is 1.04. The topological polar surface area (TPSA) is 35.5 Å². The highest BCUT2D eigenvalue weighted by atomic mass is 79.9. The lowest BCUT2D eigenvalue weighted by Crippen LogP contribution is -2.02. The number of carbonyl (C=O) groups excluding carboxylic acids is 1. The molecule has 5 heteroatoms. The molecule has 0 unspecified atom stereocenters. The molecule has 18 heavy (non-hydrogen) atoms. The lowest BCUT2D eigenvalue weighted by atomic mass is 10.2. The third-order valence-corrected chi connectivity index (χ3v) is 3.71. The molecule has 0 radical (unpaired) electrons. The Kier molecular flexibility index (Phi) is 4.38. The monoisotopic (exact) mass is 326 g/mol. The molecular formula is C13H11BrO3S. The van der Waals surface area contributed by atoms with E-state index in [4.69, 9.17) is 4.74 Å². The van der Waals surface area contributed by atoms with Crippen LogP contribution in [0.3, 0.4) is 0 Å². The molecule has 1 heterocycles. The number of carbonyl (C=O) groups is 1. The zero-order valence-electron chi connectivity index (χ0n) is 9.68. The van der Waals surface area contributed by atoms with Gasteiger partial charge in [0.2, 0.25) is 0 Å². The number of halogens is 1. The Morgan fingerprint density at radius 1 is 1.28 bits per heavy atom. The minimum absolute atomic E-state index is 0.365. The van der Waals surface area contributed by atoms with E-state index in [2.05, 4.69) is 20.7 Å². The van der Waals surface area contributed by atoms with Crippen LogP contribution in [0.2, 0.25) is 0 Å². The molecule has 0 aliphatic carbocycles. The van der Waals surface area contributed by atoms with Gasteiger partial charge in [-0.15, -0.1) is 11.3 Å². The smallest absolute Gasteiger partial charge is 0.351 e. The van der Waals surface area contributed by atoms with E-state index >= 15 is 0 Å². The molecule has 0 aliphatic heterocycles. The fourth-order valence-electron chi connectivity index (χ4n) is 1.39. The van der Waals surface area contributed by atoms with Gasteiger partial charge in [0.25, 0.3) is 0 Å². The van der Waals surface area contributed by atoms with E-state index in [1.807, 2.05) is 29.6 Å². The number of benzene rings is 1. The summed E-state index contributed by atoms with van der Waals surface area (Å²) in [6.07, 6.45) is 0. The van der Waals surface area contributed by atoms with Crippen LogP contribution in [-0.4, -0.2) is 13.1 Å². The van der Waals surface area contributed by atoms with Gasteiger partial charge in [-0.1, -0.05) is 28.1 Å². The van der Waals surface area contributed by atoms with Crippen LogP contribution in [0.5, 0.6) is 5.75 Å². The number of ether oxygens (including phenoxy) is 2. The SMILES string of the molecule is COC(=O)c1sccc1OCc1ccc(Br)cc1. The highest BCUT2D eigenvalue weighted by Crippen LogP contribution is 2.26. The first-order chi connectivity index (χ1) is 8.70. The number of hydrogen-bond acceptors (Lipinski definition) is 4. The third-order valence-electron chi connectivity index (χ3n) is 2.31. The van der Waals surface area contributed by atoms with Gasteiger partial charge in [-0.25, -0.2) is 4.79 Å². The Hall–Kier alpha value is -1.33. The van der Waals surface area contributed by atoms with Gasteiger partial charge in [-0.3, -0.25) is 0 Å². The second-order valence-electron chi connectivity index (χ2n) is 3.52.